The molecule has 0 bridgehead atoms. The van der Waals surface area contributed by atoms with Crippen LogP contribution in [0.3, 0.4) is 0 Å². The predicted molar refractivity (Wildman–Crippen MR) is 74.9 cm³/mol. The maximum absolute atomic E-state index is 13.5. The molecule has 0 unspecified atom stereocenters. The number of aryl methyl sites for hydroxylation is 2. The average molecular weight is 274 g/mol. The normalized spacial score (nSPS) is 10.6. The minimum atomic E-state index is -0.795. The number of hydrogen-bond donors (Lipinski definition) is 0. The molecule has 0 aliphatic carbocycles. The van der Waals surface area contributed by atoms with Gasteiger partial charge in [0.15, 0.2) is 5.78 Å². The van der Waals surface area contributed by atoms with Crippen molar-refractivity contribution in [3.05, 3.63) is 70.3 Å². The lowest BCUT2D eigenvalue weighted by Gasteiger charge is -2.08. The Morgan fingerprint density at radius 2 is 1.85 bits per heavy atom. The van der Waals surface area contributed by atoms with E-state index in [2.05, 4.69) is 0 Å². The lowest BCUT2D eigenvalue weighted by molar-refractivity contribution is 0.0979. The van der Waals surface area contributed by atoms with Gasteiger partial charge in [-0.25, -0.2) is 8.78 Å². The van der Waals surface area contributed by atoms with Crippen LogP contribution < -0.4 is 0 Å². The fourth-order valence-electron chi connectivity index (χ4n) is 2.18. The molecule has 0 fully saturated rings. The van der Waals surface area contributed by atoms with Crippen molar-refractivity contribution in [1.82, 2.24) is 0 Å². The van der Waals surface area contributed by atoms with Crippen molar-refractivity contribution in [2.24, 2.45) is 0 Å². The Morgan fingerprint density at radius 1 is 1.10 bits per heavy atom. The van der Waals surface area contributed by atoms with Crippen LogP contribution in [-0.2, 0) is 6.42 Å². The Hall–Kier alpha value is -2.03. The molecule has 1 nitrogen and oxygen atoms in total. The zero-order valence-electron chi connectivity index (χ0n) is 11.5. The monoisotopic (exact) mass is 274 g/mol. The van der Waals surface area contributed by atoms with E-state index in [1.165, 1.54) is 11.6 Å². The van der Waals surface area contributed by atoms with E-state index in [9.17, 15) is 13.6 Å². The third-order valence-electron chi connectivity index (χ3n) is 3.57. The van der Waals surface area contributed by atoms with E-state index in [4.69, 9.17) is 0 Å². The Kier molecular flexibility index (Phi) is 4.28. The Bertz CT molecular complexity index is 647. The zero-order valence-corrected chi connectivity index (χ0v) is 11.5. The van der Waals surface area contributed by atoms with Gasteiger partial charge in [-0.05, 0) is 49.1 Å². The van der Waals surface area contributed by atoms with Crippen LogP contribution >= 0.6 is 0 Å². The van der Waals surface area contributed by atoms with Crippen molar-refractivity contribution in [2.75, 3.05) is 0 Å². The molecule has 104 valence electrons. The summed E-state index contributed by atoms with van der Waals surface area (Å²) < 4.78 is 26.3. The van der Waals surface area contributed by atoms with Crippen molar-refractivity contribution in [1.29, 1.82) is 0 Å². The van der Waals surface area contributed by atoms with Gasteiger partial charge in [0.05, 0.1) is 5.56 Å². The van der Waals surface area contributed by atoms with Crippen molar-refractivity contribution < 1.29 is 13.6 Å². The SMILES string of the molecule is Cc1cccc(CCC(=O)c2ccc(F)cc2F)c1C. The molecule has 20 heavy (non-hydrogen) atoms. The second-order valence-corrected chi connectivity index (χ2v) is 4.91. The maximum Gasteiger partial charge on any atom is 0.166 e. The summed E-state index contributed by atoms with van der Waals surface area (Å²) in [7, 11) is 0. The van der Waals surface area contributed by atoms with Gasteiger partial charge in [-0.15, -0.1) is 0 Å². The summed E-state index contributed by atoms with van der Waals surface area (Å²) in [5.41, 5.74) is 3.36. The minimum absolute atomic E-state index is 0.0447. The number of Topliss-reactive ketones (excluding diaryl/α,β-unsaturated/α-hetero) is 1. The van der Waals surface area contributed by atoms with Gasteiger partial charge in [0.1, 0.15) is 11.6 Å². The molecular weight excluding hydrogens is 258 g/mol. The van der Waals surface area contributed by atoms with Crippen LogP contribution in [0.1, 0.15) is 33.5 Å². The molecule has 3 heteroatoms. The quantitative estimate of drug-likeness (QED) is 0.755. The standard InChI is InChI=1S/C17H16F2O/c1-11-4-3-5-13(12(11)2)6-9-17(20)15-8-7-14(18)10-16(15)19/h3-5,7-8,10H,6,9H2,1-2H3. The molecule has 0 aliphatic rings. The summed E-state index contributed by atoms with van der Waals surface area (Å²) in [5.74, 6) is -1.77. The first kappa shape index (κ1) is 14.4. The van der Waals surface area contributed by atoms with Crippen LogP contribution in [-0.4, -0.2) is 5.78 Å². The van der Waals surface area contributed by atoms with Crippen LogP contribution in [0.25, 0.3) is 0 Å². The van der Waals surface area contributed by atoms with Crippen LogP contribution in [0, 0.1) is 25.5 Å². The first-order valence-electron chi connectivity index (χ1n) is 6.52. The van der Waals surface area contributed by atoms with Gasteiger partial charge in [-0.3, -0.25) is 4.79 Å². The van der Waals surface area contributed by atoms with Crippen molar-refractivity contribution >= 4 is 5.78 Å². The molecule has 0 N–H and O–H groups in total. The predicted octanol–water partition coefficient (Wildman–Crippen LogP) is 4.40. The van der Waals surface area contributed by atoms with Crippen LogP contribution in [0.15, 0.2) is 36.4 Å². The molecule has 0 saturated carbocycles. The van der Waals surface area contributed by atoms with Crippen LogP contribution in [0.2, 0.25) is 0 Å². The van der Waals surface area contributed by atoms with Gasteiger partial charge >= 0.3 is 0 Å². The van der Waals surface area contributed by atoms with Gasteiger partial charge < -0.3 is 0 Å². The molecule has 0 amide bonds. The van der Waals surface area contributed by atoms with E-state index in [0.29, 0.717) is 6.42 Å². The number of carbonyl (C=O) groups excluding carboxylic acids is 1. The average Bonchev–Trinajstić information content (AvgIpc) is 2.40. The Labute approximate surface area is 117 Å². The molecular formula is C17H16F2O. The first-order valence-corrected chi connectivity index (χ1v) is 6.52. The van der Waals surface area contributed by atoms with Gasteiger partial charge in [0.2, 0.25) is 0 Å². The molecule has 0 aliphatic heterocycles. The highest BCUT2D eigenvalue weighted by molar-refractivity contribution is 5.96. The molecule has 0 saturated heterocycles. The second-order valence-electron chi connectivity index (χ2n) is 4.91. The van der Waals surface area contributed by atoms with E-state index >= 15 is 0 Å². The molecule has 2 aromatic rings. The largest absolute Gasteiger partial charge is 0.294 e. The van der Waals surface area contributed by atoms with Gasteiger partial charge in [-0.2, -0.15) is 0 Å². The fourth-order valence-corrected chi connectivity index (χ4v) is 2.18. The van der Waals surface area contributed by atoms with Gasteiger partial charge in [-0.1, -0.05) is 18.2 Å². The first-order chi connectivity index (χ1) is 9.49. The highest BCUT2D eigenvalue weighted by Gasteiger charge is 2.13. The molecule has 0 atom stereocenters. The van der Waals surface area contributed by atoms with E-state index in [0.717, 1.165) is 23.3 Å². The molecule has 0 heterocycles. The molecule has 0 spiro atoms. The number of carbonyl (C=O) groups is 1. The number of benzene rings is 2. The summed E-state index contributed by atoms with van der Waals surface area (Å²) in [6.07, 6.45) is 0.774. The summed E-state index contributed by atoms with van der Waals surface area (Å²) >= 11 is 0. The van der Waals surface area contributed by atoms with Crippen molar-refractivity contribution in [3.8, 4) is 0 Å². The van der Waals surface area contributed by atoms with Crippen molar-refractivity contribution in [3.63, 3.8) is 0 Å². The molecule has 2 aromatic carbocycles. The minimum Gasteiger partial charge on any atom is -0.294 e. The lowest BCUT2D eigenvalue weighted by Crippen LogP contribution is -2.05. The number of rotatable bonds is 4. The van der Waals surface area contributed by atoms with E-state index < -0.39 is 11.6 Å². The van der Waals surface area contributed by atoms with E-state index in [-0.39, 0.29) is 17.8 Å². The summed E-state index contributed by atoms with van der Waals surface area (Å²) in [5, 5.41) is 0. The number of halogens is 2. The van der Waals surface area contributed by atoms with Gasteiger partial charge in [0, 0.05) is 12.5 Å². The van der Waals surface area contributed by atoms with Gasteiger partial charge in [0.25, 0.3) is 0 Å². The molecule has 0 aromatic heterocycles. The number of hydrogen-bond acceptors (Lipinski definition) is 1. The summed E-state index contributed by atoms with van der Waals surface area (Å²) in [6.45, 7) is 4.02. The molecule has 2 rings (SSSR count). The van der Waals surface area contributed by atoms with Crippen molar-refractivity contribution in [2.45, 2.75) is 26.7 Å². The second kappa shape index (κ2) is 5.95. The van der Waals surface area contributed by atoms with E-state index in [1.54, 1.807) is 0 Å². The summed E-state index contributed by atoms with van der Waals surface area (Å²) in [4.78, 5) is 12.0. The fraction of sp³-hybridized carbons (Fsp3) is 0.235. The third-order valence-corrected chi connectivity index (χ3v) is 3.57. The maximum atomic E-state index is 13.5. The Balaban J connectivity index is 2.11. The molecule has 0 radical (unpaired) electrons. The van der Waals surface area contributed by atoms with E-state index in [1.807, 2.05) is 32.0 Å². The summed E-state index contributed by atoms with van der Waals surface area (Å²) in [6, 6.07) is 8.98. The number of ketones is 1. The van der Waals surface area contributed by atoms with Crippen LogP contribution in [0.4, 0.5) is 8.78 Å². The highest BCUT2D eigenvalue weighted by Crippen LogP contribution is 2.17. The lowest BCUT2D eigenvalue weighted by atomic mass is 9.97. The Morgan fingerprint density at radius 3 is 2.55 bits per heavy atom. The van der Waals surface area contributed by atoms with Crippen LogP contribution in [0.5, 0.6) is 0 Å². The topological polar surface area (TPSA) is 17.1 Å². The third kappa shape index (κ3) is 3.10. The zero-order chi connectivity index (χ0) is 14.7. The highest BCUT2D eigenvalue weighted by atomic mass is 19.1. The smallest absolute Gasteiger partial charge is 0.166 e.